The lowest BCUT2D eigenvalue weighted by Gasteiger charge is -2.15. The number of benzene rings is 1. The van der Waals surface area contributed by atoms with Crippen molar-refractivity contribution in [2.24, 2.45) is 0 Å². The largest absolute Gasteiger partial charge is 0.493 e. The van der Waals surface area contributed by atoms with Gasteiger partial charge < -0.3 is 20.1 Å². The quantitative estimate of drug-likeness (QED) is 0.812. The van der Waals surface area contributed by atoms with Crippen molar-refractivity contribution in [2.45, 2.75) is 25.8 Å². The second kappa shape index (κ2) is 6.50. The first-order chi connectivity index (χ1) is 8.83. The minimum absolute atomic E-state index is 0.586. The van der Waals surface area contributed by atoms with Gasteiger partial charge in [0.25, 0.3) is 0 Å². The molecular weight excluding hydrogens is 228 g/mol. The van der Waals surface area contributed by atoms with Crippen molar-refractivity contribution < 1.29 is 9.47 Å². The van der Waals surface area contributed by atoms with Crippen LogP contribution in [0.3, 0.4) is 0 Å². The van der Waals surface area contributed by atoms with Gasteiger partial charge in [0, 0.05) is 24.3 Å². The van der Waals surface area contributed by atoms with Crippen LogP contribution in [-0.4, -0.2) is 32.8 Å². The highest BCUT2D eigenvalue weighted by atomic mass is 16.5. The summed E-state index contributed by atoms with van der Waals surface area (Å²) in [5, 5.41) is 6.91. The highest BCUT2D eigenvalue weighted by Crippen LogP contribution is 2.30. The number of hydrogen-bond acceptors (Lipinski definition) is 4. The van der Waals surface area contributed by atoms with Gasteiger partial charge in [-0.2, -0.15) is 0 Å². The Labute approximate surface area is 109 Å². The van der Waals surface area contributed by atoms with Gasteiger partial charge in [0.2, 0.25) is 0 Å². The monoisotopic (exact) mass is 250 g/mol. The van der Waals surface area contributed by atoms with E-state index in [1.807, 2.05) is 25.1 Å². The third-order valence-electron chi connectivity index (χ3n) is 3.18. The average Bonchev–Trinajstić information content (AvgIpc) is 2.90. The molecule has 1 aliphatic rings. The second-order valence-electron chi connectivity index (χ2n) is 4.47. The molecule has 0 bridgehead atoms. The second-order valence-corrected chi connectivity index (χ2v) is 4.47. The third-order valence-corrected chi connectivity index (χ3v) is 3.18. The highest BCUT2D eigenvalue weighted by Gasteiger charge is 2.13. The topological polar surface area (TPSA) is 42.5 Å². The van der Waals surface area contributed by atoms with Crippen molar-refractivity contribution >= 4 is 5.69 Å². The molecule has 0 aromatic heterocycles. The van der Waals surface area contributed by atoms with E-state index in [-0.39, 0.29) is 0 Å². The summed E-state index contributed by atoms with van der Waals surface area (Å²) in [5.41, 5.74) is 1.08. The summed E-state index contributed by atoms with van der Waals surface area (Å²) in [6.45, 7) is 4.71. The molecule has 0 spiro atoms. The molecule has 1 heterocycles. The maximum absolute atomic E-state index is 5.56. The number of ether oxygens (including phenoxy) is 2. The van der Waals surface area contributed by atoms with Crippen molar-refractivity contribution in [3.8, 4) is 11.5 Å². The standard InChI is InChI=1S/C14H22N2O2/c1-3-18-14-9-11(6-7-13(14)17-2)16-10-12-5-4-8-15-12/h6-7,9,12,15-16H,3-5,8,10H2,1-2H3. The third kappa shape index (κ3) is 3.29. The lowest BCUT2D eigenvalue weighted by atomic mass is 10.2. The smallest absolute Gasteiger partial charge is 0.163 e. The zero-order valence-corrected chi connectivity index (χ0v) is 11.2. The number of methoxy groups -OCH3 is 1. The molecule has 1 saturated heterocycles. The van der Waals surface area contributed by atoms with Crippen LogP contribution in [0.2, 0.25) is 0 Å². The van der Waals surface area contributed by atoms with E-state index < -0.39 is 0 Å². The minimum Gasteiger partial charge on any atom is -0.493 e. The molecule has 4 heteroatoms. The van der Waals surface area contributed by atoms with Gasteiger partial charge in [0.05, 0.1) is 13.7 Å². The fourth-order valence-corrected chi connectivity index (χ4v) is 2.23. The molecule has 2 N–H and O–H groups in total. The van der Waals surface area contributed by atoms with Crippen molar-refractivity contribution in [3.63, 3.8) is 0 Å². The maximum atomic E-state index is 5.56. The van der Waals surface area contributed by atoms with Crippen LogP contribution in [0.5, 0.6) is 11.5 Å². The molecule has 0 radical (unpaired) electrons. The van der Waals surface area contributed by atoms with Crippen LogP contribution >= 0.6 is 0 Å². The molecule has 1 aromatic carbocycles. The molecule has 0 aliphatic carbocycles. The van der Waals surface area contributed by atoms with E-state index in [9.17, 15) is 0 Å². The summed E-state index contributed by atoms with van der Waals surface area (Å²) in [6.07, 6.45) is 2.53. The Balaban J connectivity index is 1.96. The van der Waals surface area contributed by atoms with Gasteiger partial charge in [-0.05, 0) is 38.4 Å². The Morgan fingerprint density at radius 3 is 2.94 bits per heavy atom. The van der Waals surface area contributed by atoms with Crippen LogP contribution in [0, 0.1) is 0 Å². The normalized spacial score (nSPS) is 18.7. The van der Waals surface area contributed by atoms with E-state index >= 15 is 0 Å². The Morgan fingerprint density at radius 2 is 2.28 bits per heavy atom. The zero-order valence-electron chi connectivity index (χ0n) is 11.2. The predicted molar refractivity (Wildman–Crippen MR) is 73.7 cm³/mol. The summed E-state index contributed by atoms with van der Waals surface area (Å²) in [4.78, 5) is 0. The summed E-state index contributed by atoms with van der Waals surface area (Å²) in [5.74, 6) is 1.57. The van der Waals surface area contributed by atoms with Gasteiger partial charge in [-0.15, -0.1) is 0 Å². The average molecular weight is 250 g/mol. The number of anilines is 1. The Hall–Kier alpha value is -1.42. The Kier molecular flexibility index (Phi) is 4.70. The van der Waals surface area contributed by atoms with Gasteiger partial charge in [-0.3, -0.25) is 0 Å². The molecule has 1 fully saturated rings. The van der Waals surface area contributed by atoms with Gasteiger partial charge in [0.15, 0.2) is 11.5 Å². The Morgan fingerprint density at radius 1 is 1.39 bits per heavy atom. The van der Waals surface area contributed by atoms with Crippen LogP contribution in [0.25, 0.3) is 0 Å². The molecule has 0 amide bonds. The molecule has 1 unspecified atom stereocenters. The van der Waals surface area contributed by atoms with Crippen molar-refractivity contribution in [1.82, 2.24) is 5.32 Å². The lowest BCUT2D eigenvalue weighted by Crippen LogP contribution is -2.29. The summed E-state index contributed by atoms with van der Waals surface area (Å²) in [7, 11) is 1.66. The first-order valence-corrected chi connectivity index (χ1v) is 6.61. The summed E-state index contributed by atoms with van der Waals surface area (Å²) in [6, 6.07) is 6.55. The molecule has 4 nitrogen and oxygen atoms in total. The van der Waals surface area contributed by atoms with Crippen LogP contribution in [0.1, 0.15) is 19.8 Å². The summed E-state index contributed by atoms with van der Waals surface area (Å²) < 4.78 is 10.8. The molecule has 1 aromatic rings. The van der Waals surface area contributed by atoms with E-state index in [0.29, 0.717) is 12.6 Å². The van der Waals surface area contributed by atoms with E-state index in [2.05, 4.69) is 10.6 Å². The molecule has 2 rings (SSSR count). The van der Waals surface area contributed by atoms with Gasteiger partial charge in [0.1, 0.15) is 0 Å². The number of nitrogens with one attached hydrogen (secondary N) is 2. The lowest BCUT2D eigenvalue weighted by molar-refractivity contribution is 0.311. The highest BCUT2D eigenvalue weighted by molar-refractivity contribution is 5.54. The first kappa shape index (κ1) is 13.0. The van der Waals surface area contributed by atoms with Gasteiger partial charge in [-0.25, -0.2) is 0 Å². The minimum atomic E-state index is 0.586. The molecule has 1 aliphatic heterocycles. The molecule has 18 heavy (non-hydrogen) atoms. The number of rotatable bonds is 6. The van der Waals surface area contributed by atoms with Gasteiger partial charge >= 0.3 is 0 Å². The van der Waals surface area contributed by atoms with Crippen LogP contribution in [0.4, 0.5) is 5.69 Å². The van der Waals surface area contributed by atoms with E-state index in [0.717, 1.165) is 30.3 Å². The molecule has 100 valence electrons. The van der Waals surface area contributed by atoms with Crippen LogP contribution in [0.15, 0.2) is 18.2 Å². The van der Waals surface area contributed by atoms with E-state index in [4.69, 9.17) is 9.47 Å². The van der Waals surface area contributed by atoms with E-state index in [1.54, 1.807) is 7.11 Å². The SMILES string of the molecule is CCOc1cc(NCC2CCCN2)ccc1OC. The maximum Gasteiger partial charge on any atom is 0.163 e. The van der Waals surface area contributed by atoms with Crippen molar-refractivity contribution in [2.75, 3.05) is 32.1 Å². The van der Waals surface area contributed by atoms with Crippen molar-refractivity contribution in [1.29, 1.82) is 0 Å². The van der Waals surface area contributed by atoms with Crippen molar-refractivity contribution in [3.05, 3.63) is 18.2 Å². The molecule has 0 saturated carbocycles. The molecule has 1 atom stereocenters. The first-order valence-electron chi connectivity index (χ1n) is 6.61. The fourth-order valence-electron chi connectivity index (χ4n) is 2.23. The van der Waals surface area contributed by atoms with Gasteiger partial charge in [-0.1, -0.05) is 0 Å². The zero-order chi connectivity index (χ0) is 12.8. The van der Waals surface area contributed by atoms with Crippen LogP contribution < -0.4 is 20.1 Å². The predicted octanol–water partition coefficient (Wildman–Crippen LogP) is 2.26. The summed E-state index contributed by atoms with van der Waals surface area (Å²) >= 11 is 0. The van der Waals surface area contributed by atoms with Crippen LogP contribution in [-0.2, 0) is 0 Å². The van der Waals surface area contributed by atoms with E-state index in [1.165, 1.54) is 12.8 Å². The fraction of sp³-hybridized carbons (Fsp3) is 0.571. The number of hydrogen-bond donors (Lipinski definition) is 2. The molecular formula is C14H22N2O2. The Bertz CT molecular complexity index is 376.